The summed E-state index contributed by atoms with van der Waals surface area (Å²) in [6, 6.07) is 4.75. The van der Waals surface area contributed by atoms with Crippen molar-refractivity contribution in [3.05, 3.63) is 35.1 Å². The molecule has 1 unspecified atom stereocenters. The first-order chi connectivity index (χ1) is 10.1. The van der Waals surface area contributed by atoms with Gasteiger partial charge < -0.3 is 10.9 Å². The zero-order valence-electron chi connectivity index (χ0n) is 12.6. The van der Waals surface area contributed by atoms with Crippen LogP contribution in [0.5, 0.6) is 0 Å². The number of benzene rings is 1. The predicted octanol–water partition coefficient (Wildman–Crippen LogP) is 2.93. The maximum Gasteiger partial charge on any atom is 0.170 e. The third kappa shape index (κ3) is 4.17. The van der Waals surface area contributed by atoms with Crippen molar-refractivity contribution in [3.63, 3.8) is 0 Å². The summed E-state index contributed by atoms with van der Waals surface area (Å²) in [7, 11) is 0. The number of nitrogens with two attached hydrogens (primary N) is 1. The Morgan fingerprint density at radius 1 is 1.43 bits per heavy atom. The van der Waals surface area contributed by atoms with Gasteiger partial charge in [-0.15, -0.1) is 0 Å². The molecule has 1 aliphatic heterocycles. The average Bonchev–Trinajstić information content (AvgIpc) is 2.73. The van der Waals surface area contributed by atoms with E-state index in [0.29, 0.717) is 17.7 Å². The molecule has 1 aromatic carbocycles. The standard InChI is InChI=1S/C16H24FN3O/c1-2-12-4-3-8-20(9-7-12)11-14-6-5-13(10-15(14)17)16(18)19-21/h5-6,10,12,21H,2-4,7-9,11H2,1H3,(H2,18,19). The molecule has 0 spiro atoms. The van der Waals surface area contributed by atoms with Crippen molar-refractivity contribution in [3.8, 4) is 0 Å². The maximum absolute atomic E-state index is 14.1. The van der Waals surface area contributed by atoms with Gasteiger partial charge in [0.2, 0.25) is 0 Å². The molecule has 1 fully saturated rings. The Hall–Kier alpha value is -1.62. The summed E-state index contributed by atoms with van der Waals surface area (Å²) in [5.41, 5.74) is 6.54. The monoisotopic (exact) mass is 293 g/mol. The minimum absolute atomic E-state index is 0.0685. The molecule has 0 radical (unpaired) electrons. The van der Waals surface area contributed by atoms with E-state index in [1.165, 1.54) is 31.7 Å². The number of oxime groups is 1. The van der Waals surface area contributed by atoms with E-state index in [9.17, 15) is 4.39 Å². The van der Waals surface area contributed by atoms with Crippen molar-refractivity contribution >= 4 is 5.84 Å². The second-order valence-electron chi connectivity index (χ2n) is 5.77. The van der Waals surface area contributed by atoms with Crippen LogP contribution in [0.25, 0.3) is 0 Å². The Labute approximate surface area is 125 Å². The lowest BCUT2D eigenvalue weighted by Crippen LogP contribution is -2.25. The van der Waals surface area contributed by atoms with Gasteiger partial charge in [-0.2, -0.15) is 0 Å². The molecule has 1 aromatic rings. The van der Waals surface area contributed by atoms with E-state index >= 15 is 0 Å². The van der Waals surface area contributed by atoms with Gasteiger partial charge in [-0.3, -0.25) is 4.90 Å². The van der Waals surface area contributed by atoms with E-state index < -0.39 is 0 Å². The summed E-state index contributed by atoms with van der Waals surface area (Å²) < 4.78 is 14.1. The number of hydrogen-bond acceptors (Lipinski definition) is 3. The van der Waals surface area contributed by atoms with Crippen molar-refractivity contribution in [2.45, 2.75) is 39.2 Å². The average molecular weight is 293 g/mol. The maximum atomic E-state index is 14.1. The number of likely N-dealkylation sites (tertiary alicyclic amines) is 1. The Morgan fingerprint density at radius 3 is 2.90 bits per heavy atom. The first-order valence-electron chi connectivity index (χ1n) is 7.62. The number of hydrogen-bond donors (Lipinski definition) is 2. The number of rotatable bonds is 4. The molecule has 1 atom stereocenters. The van der Waals surface area contributed by atoms with Crippen molar-refractivity contribution in [2.75, 3.05) is 13.1 Å². The molecule has 3 N–H and O–H groups in total. The summed E-state index contributed by atoms with van der Waals surface area (Å²) in [5, 5.41) is 11.5. The van der Waals surface area contributed by atoms with E-state index in [0.717, 1.165) is 19.0 Å². The summed E-state index contributed by atoms with van der Waals surface area (Å²) >= 11 is 0. The third-order valence-corrected chi connectivity index (χ3v) is 4.37. The van der Waals surface area contributed by atoms with Crippen LogP contribution in [0.4, 0.5) is 4.39 Å². The van der Waals surface area contributed by atoms with E-state index in [1.807, 2.05) is 0 Å². The lowest BCUT2D eigenvalue weighted by Gasteiger charge is -2.20. The molecule has 4 nitrogen and oxygen atoms in total. The molecule has 1 aliphatic rings. The van der Waals surface area contributed by atoms with Crippen molar-refractivity contribution < 1.29 is 9.60 Å². The van der Waals surface area contributed by atoms with Crippen LogP contribution in [0.3, 0.4) is 0 Å². The van der Waals surface area contributed by atoms with Gasteiger partial charge >= 0.3 is 0 Å². The first kappa shape index (κ1) is 15.8. The predicted molar refractivity (Wildman–Crippen MR) is 81.8 cm³/mol. The molecule has 0 aliphatic carbocycles. The van der Waals surface area contributed by atoms with Gasteiger partial charge in [-0.25, -0.2) is 4.39 Å². The number of amidine groups is 1. The van der Waals surface area contributed by atoms with E-state index in [4.69, 9.17) is 10.9 Å². The van der Waals surface area contributed by atoms with Crippen molar-refractivity contribution in [2.24, 2.45) is 16.8 Å². The van der Waals surface area contributed by atoms with Gasteiger partial charge in [-0.05, 0) is 44.3 Å². The molecule has 1 heterocycles. The number of nitrogens with zero attached hydrogens (tertiary/aromatic N) is 2. The van der Waals surface area contributed by atoms with Crippen LogP contribution >= 0.6 is 0 Å². The summed E-state index contributed by atoms with van der Waals surface area (Å²) in [6.45, 7) is 4.92. The first-order valence-corrected chi connectivity index (χ1v) is 7.62. The summed E-state index contributed by atoms with van der Waals surface area (Å²) in [5.74, 6) is 0.444. The second-order valence-corrected chi connectivity index (χ2v) is 5.77. The van der Waals surface area contributed by atoms with Gasteiger partial charge in [0, 0.05) is 17.7 Å². The van der Waals surface area contributed by atoms with Crippen LogP contribution in [0.15, 0.2) is 23.4 Å². The lowest BCUT2D eigenvalue weighted by molar-refractivity contribution is 0.268. The van der Waals surface area contributed by atoms with E-state index in [-0.39, 0.29) is 11.7 Å². The zero-order valence-corrected chi connectivity index (χ0v) is 12.6. The van der Waals surface area contributed by atoms with Crippen LogP contribution in [0.1, 0.15) is 43.7 Å². The highest BCUT2D eigenvalue weighted by Crippen LogP contribution is 2.22. The molecule has 0 bridgehead atoms. The molecule has 0 saturated carbocycles. The fraction of sp³-hybridized carbons (Fsp3) is 0.562. The SMILES string of the molecule is CCC1CCCN(Cc2ccc(C(N)=NO)cc2F)CC1. The number of halogens is 1. The minimum Gasteiger partial charge on any atom is -0.409 e. The van der Waals surface area contributed by atoms with Crippen LogP contribution < -0.4 is 5.73 Å². The van der Waals surface area contributed by atoms with Gasteiger partial charge in [0.1, 0.15) is 5.82 Å². The molecule has 1 saturated heterocycles. The molecule has 116 valence electrons. The van der Waals surface area contributed by atoms with Crippen LogP contribution in [0.2, 0.25) is 0 Å². The molecule has 21 heavy (non-hydrogen) atoms. The minimum atomic E-state index is -0.296. The molecule has 0 amide bonds. The Balaban J connectivity index is 2.02. The van der Waals surface area contributed by atoms with Gasteiger partial charge in [0.15, 0.2) is 5.84 Å². The fourth-order valence-corrected chi connectivity index (χ4v) is 2.92. The van der Waals surface area contributed by atoms with E-state index in [2.05, 4.69) is 17.0 Å². The highest BCUT2D eigenvalue weighted by atomic mass is 19.1. The van der Waals surface area contributed by atoms with Crippen molar-refractivity contribution in [1.82, 2.24) is 4.90 Å². The highest BCUT2D eigenvalue weighted by molar-refractivity contribution is 5.97. The summed E-state index contributed by atoms with van der Waals surface area (Å²) in [6.07, 6.45) is 4.89. The van der Waals surface area contributed by atoms with Gasteiger partial charge in [0.25, 0.3) is 0 Å². The van der Waals surface area contributed by atoms with Crippen molar-refractivity contribution in [1.29, 1.82) is 0 Å². The Morgan fingerprint density at radius 2 is 2.24 bits per heavy atom. The molecular formula is C16H24FN3O. The van der Waals surface area contributed by atoms with Crippen LogP contribution in [0, 0.1) is 11.7 Å². The molecule has 5 heteroatoms. The normalized spacial score (nSPS) is 21.2. The zero-order chi connectivity index (χ0) is 15.2. The molecular weight excluding hydrogens is 269 g/mol. The second kappa shape index (κ2) is 7.41. The van der Waals surface area contributed by atoms with Gasteiger partial charge in [0.05, 0.1) is 0 Å². The third-order valence-electron chi connectivity index (χ3n) is 4.37. The van der Waals surface area contributed by atoms with Crippen LogP contribution in [-0.4, -0.2) is 29.0 Å². The topological polar surface area (TPSA) is 61.8 Å². The Kier molecular flexibility index (Phi) is 5.56. The quantitative estimate of drug-likeness (QED) is 0.388. The highest BCUT2D eigenvalue weighted by Gasteiger charge is 2.17. The molecule has 0 aromatic heterocycles. The summed E-state index contributed by atoms with van der Waals surface area (Å²) in [4.78, 5) is 2.32. The fourth-order valence-electron chi connectivity index (χ4n) is 2.92. The van der Waals surface area contributed by atoms with Crippen LogP contribution in [-0.2, 0) is 6.54 Å². The van der Waals surface area contributed by atoms with Gasteiger partial charge in [-0.1, -0.05) is 30.6 Å². The largest absolute Gasteiger partial charge is 0.409 e. The lowest BCUT2D eigenvalue weighted by atomic mass is 9.98. The smallest absolute Gasteiger partial charge is 0.170 e. The Bertz CT molecular complexity index is 504. The molecule has 2 rings (SSSR count). The van der Waals surface area contributed by atoms with E-state index in [1.54, 1.807) is 12.1 Å².